The highest BCUT2D eigenvalue weighted by Gasteiger charge is 1.94. The van der Waals surface area contributed by atoms with Crippen molar-refractivity contribution in [2.45, 2.75) is 40.9 Å². The van der Waals surface area contributed by atoms with Crippen LogP contribution in [0.25, 0.3) is 0 Å². The lowest BCUT2D eigenvalue weighted by Crippen LogP contribution is -2.11. The molecule has 3 heteroatoms. The van der Waals surface area contributed by atoms with Crippen LogP contribution in [0.3, 0.4) is 0 Å². The molecule has 0 radical (unpaired) electrons. The molecule has 0 atom stereocenters. The standard InChI is InChI=1S/C6H14O2.C5H8O/c1-4-7-6(3)8-5-2;1-5(2)3-4-6/h6H,4-5H2,1-3H3;3-4H,1-2H3. The molecule has 0 aromatic carbocycles. The number of rotatable bonds is 5. The number of carbonyl (C=O) groups excluding carboxylic acids is 1. The van der Waals surface area contributed by atoms with Crippen LogP contribution in [0.5, 0.6) is 0 Å². The molecule has 14 heavy (non-hydrogen) atoms. The van der Waals surface area contributed by atoms with E-state index in [0.29, 0.717) is 0 Å². The fourth-order valence-electron chi connectivity index (χ4n) is 0.654. The Morgan fingerprint density at radius 1 is 1.21 bits per heavy atom. The fraction of sp³-hybridized carbons (Fsp3) is 0.727. The minimum Gasteiger partial charge on any atom is -0.353 e. The molecule has 0 spiro atoms. The average Bonchev–Trinajstić information content (AvgIpc) is 2.05. The summed E-state index contributed by atoms with van der Waals surface area (Å²) in [4.78, 5) is 9.54. The number of ether oxygens (including phenoxy) is 2. The highest BCUT2D eigenvalue weighted by atomic mass is 16.7. The zero-order chi connectivity index (χ0) is 11.4. The Bertz CT molecular complexity index is 143. The van der Waals surface area contributed by atoms with Gasteiger partial charge in [-0.1, -0.05) is 5.57 Å². The minimum atomic E-state index is -0.0370. The van der Waals surface area contributed by atoms with Crippen molar-refractivity contribution in [1.29, 1.82) is 0 Å². The Morgan fingerprint density at radius 3 is 1.79 bits per heavy atom. The molecule has 0 bridgehead atoms. The van der Waals surface area contributed by atoms with Gasteiger partial charge in [-0.3, -0.25) is 4.79 Å². The van der Waals surface area contributed by atoms with Gasteiger partial charge >= 0.3 is 0 Å². The first-order valence-electron chi connectivity index (χ1n) is 4.90. The van der Waals surface area contributed by atoms with Crippen LogP contribution < -0.4 is 0 Å². The van der Waals surface area contributed by atoms with Gasteiger partial charge < -0.3 is 9.47 Å². The van der Waals surface area contributed by atoms with Crippen molar-refractivity contribution >= 4 is 6.29 Å². The third kappa shape index (κ3) is 17.4. The van der Waals surface area contributed by atoms with Crippen LogP contribution in [-0.4, -0.2) is 25.8 Å². The monoisotopic (exact) mass is 202 g/mol. The van der Waals surface area contributed by atoms with E-state index in [2.05, 4.69) is 0 Å². The number of hydrogen-bond donors (Lipinski definition) is 0. The first-order valence-corrected chi connectivity index (χ1v) is 4.90. The molecule has 84 valence electrons. The summed E-state index contributed by atoms with van der Waals surface area (Å²) in [6.07, 6.45) is 2.28. The van der Waals surface area contributed by atoms with Crippen LogP contribution in [0.1, 0.15) is 34.6 Å². The normalized spacial score (nSPS) is 9.00. The number of carbonyl (C=O) groups is 1. The molecule has 0 aromatic heterocycles. The molecule has 0 fully saturated rings. The topological polar surface area (TPSA) is 35.5 Å². The van der Waals surface area contributed by atoms with Gasteiger partial charge in [-0.2, -0.15) is 0 Å². The molecule has 0 aliphatic rings. The molecule has 0 aliphatic carbocycles. The third-order valence-corrected chi connectivity index (χ3v) is 1.20. The van der Waals surface area contributed by atoms with E-state index in [4.69, 9.17) is 9.47 Å². The highest BCUT2D eigenvalue weighted by molar-refractivity contribution is 5.65. The number of hydrogen-bond acceptors (Lipinski definition) is 3. The Hall–Kier alpha value is -0.670. The highest BCUT2D eigenvalue weighted by Crippen LogP contribution is 1.90. The van der Waals surface area contributed by atoms with Crippen LogP contribution in [-0.2, 0) is 14.3 Å². The first-order chi connectivity index (χ1) is 6.58. The molecule has 0 heterocycles. The largest absolute Gasteiger partial charge is 0.353 e. The maximum Gasteiger partial charge on any atom is 0.154 e. The summed E-state index contributed by atoms with van der Waals surface area (Å²) < 4.78 is 10.1. The Labute approximate surface area is 87.1 Å². The van der Waals surface area contributed by atoms with Crippen LogP contribution in [0.15, 0.2) is 11.6 Å². The second-order valence-corrected chi connectivity index (χ2v) is 2.86. The van der Waals surface area contributed by atoms with Gasteiger partial charge in [0.2, 0.25) is 0 Å². The van der Waals surface area contributed by atoms with Crippen molar-refractivity contribution < 1.29 is 14.3 Å². The minimum absolute atomic E-state index is 0.0370. The quantitative estimate of drug-likeness (QED) is 0.390. The van der Waals surface area contributed by atoms with E-state index in [9.17, 15) is 4.79 Å². The van der Waals surface area contributed by atoms with Gasteiger partial charge in [0, 0.05) is 13.2 Å². The molecule has 0 unspecified atom stereocenters. The smallest absolute Gasteiger partial charge is 0.154 e. The van der Waals surface area contributed by atoms with E-state index in [0.717, 1.165) is 25.1 Å². The molecule has 0 saturated heterocycles. The molecule has 0 amide bonds. The third-order valence-electron chi connectivity index (χ3n) is 1.20. The summed E-state index contributed by atoms with van der Waals surface area (Å²) in [7, 11) is 0. The van der Waals surface area contributed by atoms with E-state index in [1.807, 2.05) is 34.6 Å². The molecule has 3 nitrogen and oxygen atoms in total. The zero-order valence-electron chi connectivity index (χ0n) is 9.87. The van der Waals surface area contributed by atoms with Crippen molar-refractivity contribution in [2.24, 2.45) is 0 Å². The molecular formula is C11H22O3. The van der Waals surface area contributed by atoms with E-state index in [1.165, 1.54) is 6.08 Å². The van der Waals surface area contributed by atoms with Crippen LogP contribution in [0.4, 0.5) is 0 Å². The molecule has 0 aliphatic heterocycles. The summed E-state index contributed by atoms with van der Waals surface area (Å²) in [5, 5.41) is 0. The van der Waals surface area contributed by atoms with Crippen molar-refractivity contribution in [3.05, 3.63) is 11.6 Å². The van der Waals surface area contributed by atoms with Gasteiger partial charge in [-0.25, -0.2) is 0 Å². The second kappa shape index (κ2) is 12.3. The summed E-state index contributed by atoms with van der Waals surface area (Å²) >= 11 is 0. The second-order valence-electron chi connectivity index (χ2n) is 2.86. The van der Waals surface area contributed by atoms with Gasteiger partial charge in [-0.05, 0) is 40.7 Å². The van der Waals surface area contributed by atoms with Crippen molar-refractivity contribution in [2.75, 3.05) is 13.2 Å². The van der Waals surface area contributed by atoms with Gasteiger partial charge in [0.15, 0.2) is 6.29 Å². The SMILES string of the molecule is CC(C)=CC=O.CCOC(C)OCC. The molecule has 0 saturated carbocycles. The predicted octanol–water partition coefficient (Wildman–Crippen LogP) is 2.56. The Balaban J connectivity index is 0. The summed E-state index contributed by atoms with van der Waals surface area (Å²) in [5.41, 5.74) is 1.05. The zero-order valence-corrected chi connectivity index (χ0v) is 9.87. The summed E-state index contributed by atoms with van der Waals surface area (Å²) in [5.74, 6) is 0. The predicted molar refractivity (Wildman–Crippen MR) is 58.2 cm³/mol. The van der Waals surface area contributed by atoms with E-state index < -0.39 is 0 Å². The molecule has 0 rings (SSSR count). The van der Waals surface area contributed by atoms with Crippen LogP contribution in [0.2, 0.25) is 0 Å². The lowest BCUT2D eigenvalue weighted by Gasteiger charge is -2.09. The lowest BCUT2D eigenvalue weighted by molar-refractivity contribution is -0.123. The molecular weight excluding hydrogens is 180 g/mol. The lowest BCUT2D eigenvalue weighted by atomic mass is 10.3. The van der Waals surface area contributed by atoms with E-state index in [1.54, 1.807) is 0 Å². The maximum atomic E-state index is 9.54. The Morgan fingerprint density at radius 2 is 1.64 bits per heavy atom. The van der Waals surface area contributed by atoms with Crippen LogP contribution >= 0.6 is 0 Å². The van der Waals surface area contributed by atoms with Gasteiger partial charge in [0.1, 0.15) is 6.29 Å². The summed E-state index contributed by atoms with van der Waals surface area (Å²) in [6, 6.07) is 0. The van der Waals surface area contributed by atoms with Crippen LogP contribution in [0, 0.1) is 0 Å². The first kappa shape index (κ1) is 15.8. The van der Waals surface area contributed by atoms with Crippen molar-refractivity contribution in [3.63, 3.8) is 0 Å². The Kier molecular flexibility index (Phi) is 13.9. The number of aldehydes is 1. The fourth-order valence-corrected chi connectivity index (χ4v) is 0.654. The van der Waals surface area contributed by atoms with Crippen molar-refractivity contribution in [1.82, 2.24) is 0 Å². The summed E-state index contributed by atoms with van der Waals surface area (Å²) in [6.45, 7) is 11.0. The van der Waals surface area contributed by atoms with Gasteiger partial charge in [0.25, 0.3) is 0 Å². The van der Waals surface area contributed by atoms with Gasteiger partial charge in [0.05, 0.1) is 0 Å². The molecule has 0 aromatic rings. The van der Waals surface area contributed by atoms with Gasteiger partial charge in [-0.15, -0.1) is 0 Å². The molecule has 0 N–H and O–H groups in total. The van der Waals surface area contributed by atoms with Crippen molar-refractivity contribution in [3.8, 4) is 0 Å². The maximum absolute atomic E-state index is 9.54. The number of allylic oxidation sites excluding steroid dienone is 2. The van der Waals surface area contributed by atoms with E-state index >= 15 is 0 Å². The van der Waals surface area contributed by atoms with E-state index in [-0.39, 0.29) is 6.29 Å². The average molecular weight is 202 g/mol.